The van der Waals surface area contributed by atoms with E-state index in [-0.39, 0.29) is 17.5 Å². The highest BCUT2D eigenvalue weighted by Gasteiger charge is 2.15. The number of nitrogens with zero attached hydrogens (tertiary/aromatic N) is 1. The Morgan fingerprint density at radius 1 is 1.64 bits per heavy atom. The number of rotatable bonds is 2. The van der Waals surface area contributed by atoms with Crippen LogP contribution in [-0.2, 0) is 4.74 Å². The highest BCUT2D eigenvalue weighted by Crippen LogP contribution is 2.20. The standard InChI is InChI=1S/C9H10BrNO3/c1-5(2)14-9(13)8-7(12)3-6(10)4-11-8/h3-5,12H,1-2H3. The zero-order valence-electron chi connectivity index (χ0n) is 7.82. The summed E-state index contributed by atoms with van der Waals surface area (Å²) in [6.07, 6.45) is 1.20. The topological polar surface area (TPSA) is 59.4 Å². The van der Waals surface area contributed by atoms with Gasteiger partial charge in [-0.15, -0.1) is 0 Å². The van der Waals surface area contributed by atoms with Crippen molar-refractivity contribution in [3.63, 3.8) is 0 Å². The molecular weight excluding hydrogens is 250 g/mol. The number of hydrogen-bond donors (Lipinski definition) is 1. The fourth-order valence-corrected chi connectivity index (χ4v) is 1.17. The predicted octanol–water partition coefficient (Wildman–Crippen LogP) is 2.11. The molecule has 0 radical (unpaired) electrons. The molecule has 0 bridgehead atoms. The molecule has 1 heterocycles. The molecule has 0 aliphatic carbocycles. The highest BCUT2D eigenvalue weighted by molar-refractivity contribution is 9.10. The number of pyridine rings is 1. The molecule has 0 unspecified atom stereocenters. The lowest BCUT2D eigenvalue weighted by Crippen LogP contribution is -2.13. The maximum atomic E-state index is 11.3. The number of aromatic hydroxyl groups is 1. The zero-order valence-corrected chi connectivity index (χ0v) is 9.41. The van der Waals surface area contributed by atoms with Crippen molar-refractivity contribution in [3.05, 3.63) is 22.4 Å². The number of esters is 1. The molecule has 5 heteroatoms. The summed E-state index contributed by atoms with van der Waals surface area (Å²) >= 11 is 3.12. The second-order valence-corrected chi connectivity index (χ2v) is 3.89. The summed E-state index contributed by atoms with van der Waals surface area (Å²) < 4.78 is 5.49. The first-order valence-electron chi connectivity index (χ1n) is 4.06. The molecule has 4 nitrogen and oxygen atoms in total. The van der Waals surface area contributed by atoms with Gasteiger partial charge < -0.3 is 9.84 Å². The molecule has 14 heavy (non-hydrogen) atoms. The van der Waals surface area contributed by atoms with Crippen molar-refractivity contribution in [2.75, 3.05) is 0 Å². The van der Waals surface area contributed by atoms with E-state index in [1.807, 2.05) is 0 Å². The van der Waals surface area contributed by atoms with Gasteiger partial charge in [-0.25, -0.2) is 9.78 Å². The summed E-state index contributed by atoms with van der Waals surface area (Å²) in [7, 11) is 0. The van der Waals surface area contributed by atoms with Crippen LogP contribution in [0.5, 0.6) is 5.75 Å². The van der Waals surface area contributed by atoms with Gasteiger partial charge in [-0.3, -0.25) is 0 Å². The van der Waals surface area contributed by atoms with Crippen LogP contribution in [0, 0.1) is 0 Å². The van der Waals surface area contributed by atoms with Crippen LogP contribution in [0.15, 0.2) is 16.7 Å². The van der Waals surface area contributed by atoms with Crippen LogP contribution >= 0.6 is 15.9 Å². The van der Waals surface area contributed by atoms with E-state index in [9.17, 15) is 9.90 Å². The van der Waals surface area contributed by atoms with E-state index in [2.05, 4.69) is 20.9 Å². The lowest BCUT2D eigenvalue weighted by Gasteiger charge is -2.07. The largest absolute Gasteiger partial charge is 0.505 e. The summed E-state index contributed by atoms with van der Waals surface area (Å²) in [6, 6.07) is 1.39. The minimum Gasteiger partial charge on any atom is -0.505 e. The van der Waals surface area contributed by atoms with E-state index in [0.717, 1.165) is 0 Å². The fraction of sp³-hybridized carbons (Fsp3) is 0.333. The summed E-state index contributed by atoms with van der Waals surface area (Å²) in [5.41, 5.74) is -0.0677. The van der Waals surface area contributed by atoms with Crippen molar-refractivity contribution in [1.82, 2.24) is 4.98 Å². The molecule has 0 saturated heterocycles. The Kier molecular flexibility index (Phi) is 3.46. The maximum absolute atomic E-state index is 11.3. The quantitative estimate of drug-likeness (QED) is 0.827. The van der Waals surface area contributed by atoms with Crippen LogP contribution in [0.4, 0.5) is 0 Å². The minimum atomic E-state index is -0.620. The van der Waals surface area contributed by atoms with E-state index in [0.29, 0.717) is 4.47 Å². The third-order valence-electron chi connectivity index (χ3n) is 1.37. The van der Waals surface area contributed by atoms with Crippen LogP contribution in [0.1, 0.15) is 24.3 Å². The van der Waals surface area contributed by atoms with Gasteiger partial charge in [-0.1, -0.05) is 0 Å². The van der Waals surface area contributed by atoms with Crippen LogP contribution in [0.3, 0.4) is 0 Å². The lowest BCUT2D eigenvalue weighted by atomic mass is 10.3. The number of carbonyl (C=O) groups is 1. The smallest absolute Gasteiger partial charge is 0.361 e. The third kappa shape index (κ3) is 2.70. The van der Waals surface area contributed by atoms with E-state index < -0.39 is 5.97 Å². The average Bonchev–Trinajstić information content (AvgIpc) is 2.01. The number of carbonyl (C=O) groups excluding carboxylic acids is 1. The van der Waals surface area contributed by atoms with Gasteiger partial charge in [0.2, 0.25) is 0 Å². The molecule has 0 aromatic carbocycles. The van der Waals surface area contributed by atoms with Gasteiger partial charge in [-0.2, -0.15) is 0 Å². The van der Waals surface area contributed by atoms with Gasteiger partial charge in [0.1, 0.15) is 5.75 Å². The number of ether oxygens (including phenoxy) is 1. The molecule has 0 spiro atoms. The Bertz CT molecular complexity index is 352. The van der Waals surface area contributed by atoms with Crippen molar-refractivity contribution in [3.8, 4) is 5.75 Å². The maximum Gasteiger partial charge on any atom is 0.361 e. The number of aromatic nitrogens is 1. The van der Waals surface area contributed by atoms with Gasteiger partial charge in [0, 0.05) is 10.7 Å². The first-order chi connectivity index (χ1) is 6.50. The molecule has 1 N–H and O–H groups in total. The van der Waals surface area contributed by atoms with Gasteiger partial charge in [-0.05, 0) is 35.8 Å². The molecule has 1 rings (SSSR count). The molecule has 0 atom stereocenters. The number of hydrogen-bond acceptors (Lipinski definition) is 4. The number of halogens is 1. The predicted molar refractivity (Wildman–Crippen MR) is 54.2 cm³/mol. The van der Waals surface area contributed by atoms with Crippen LogP contribution in [0.2, 0.25) is 0 Å². The Morgan fingerprint density at radius 3 is 2.79 bits per heavy atom. The molecule has 0 aliphatic heterocycles. The Morgan fingerprint density at radius 2 is 2.29 bits per heavy atom. The molecule has 0 fully saturated rings. The van der Waals surface area contributed by atoms with Crippen molar-refractivity contribution in [1.29, 1.82) is 0 Å². The minimum absolute atomic E-state index is 0.0677. The van der Waals surface area contributed by atoms with E-state index in [1.165, 1.54) is 12.3 Å². The first kappa shape index (κ1) is 11.0. The molecular formula is C9H10BrNO3. The molecule has 76 valence electrons. The SMILES string of the molecule is CC(C)OC(=O)c1ncc(Br)cc1O. The van der Waals surface area contributed by atoms with Crippen molar-refractivity contribution < 1.29 is 14.6 Å². The molecule has 1 aromatic heterocycles. The monoisotopic (exact) mass is 259 g/mol. The van der Waals surface area contributed by atoms with Crippen LogP contribution in [0.25, 0.3) is 0 Å². The second-order valence-electron chi connectivity index (χ2n) is 2.98. The molecule has 1 aromatic rings. The van der Waals surface area contributed by atoms with E-state index >= 15 is 0 Å². The van der Waals surface area contributed by atoms with Gasteiger partial charge in [0.15, 0.2) is 5.69 Å². The highest BCUT2D eigenvalue weighted by atomic mass is 79.9. The van der Waals surface area contributed by atoms with Gasteiger partial charge in [0.25, 0.3) is 0 Å². The normalized spacial score (nSPS) is 10.3. The summed E-state index contributed by atoms with van der Waals surface area (Å²) in [6.45, 7) is 3.46. The average molecular weight is 260 g/mol. The van der Waals surface area contributed by atoms with E-state index in [1.54, 1.807) is 13.8 Å². The van der Waals surface area contributed by atoms with E-state index in [4.69, 9.17) is 4.74 Å². The molecule has 0 amide bonds. The lowest BCUT2D eigenvalue weighted by molar-refractivity contribution is 0.0367. The third-order valence-corrected chi connectivity index (χ3v) is 1.80. The summed E-state index contributed by atoms with van der Waals surface area (Å²) in [4.78, 5) is 15.1. The fourth-order valence-electron chi connectivity index (χ4n) is 0.856. The Balaban J connectivity index is 2.90. The Labute approximate surface area is 90.0 Å². The zero-order chi connectivity index (χ0) is 10.7. The van der Waals surface area contributed by atoms with Crippen LogP contribution < -0.4 is 0 Å². The first-order valence-corrected chi connectivity index (χ1v) is 4.85. The van der Waals surface area contributed by atoms with Crippen LogP contribution in [-0.4, -0.2) is 22.2 Å². The summed E-state index contributed by atoms with van der Waals surface area (Å²) in [5.74, 6) is -0.810. The van der Waals surface area contributed by atoms with Gasteiger partial charge in [0.05, 0.1) is 6.10 Å². The molecule has 0 saturated carbocycles. The van der Waals surface area contributed by atoms with Gasteiger partial charge >= 0.3 is 5.97 Å². The summed E-state index contributed by atoms with van der Waals surface area (Å²) in [5, 5.41) is 9.38. The van der Waals surface area contributed by atoms with Crippen molar-refractivity contribution >= 4 is 21.9 Å². The molecule has 0 aliphatic rings. The van der Waals surface area contributed by atoms with Crippen molar-refractivity contribution in [2.45, 2.75) is 20.0 Å². The second kappa shape index (κ2) is 4.41. The Hall–Kier alpha value is -1.10. The van der Waals surface area contributed by atoms with Crippen molar-refractivity contribution in [2.24, 2.45) is 0 Å².